The zero-order chi connectivity index (χ0) is 15.0. The van der Waals surface area contributed by atoms with Gasteiger partial charge in [0.25, 0.3) is 0 Å². The van der Waals surface area contributed by atoms with Crippen LogP contribution in [0.1, 0.15) is 52.9 Å². The van der Waals surface area contributed by atoms with E-state index in [1.165, 1.54) is 0 Å². The first-order valence-electron chi connectivity index (χ1n) is 7.80. The molecule has 0 radical (unpaired) electrons. The first-order chi connectivity index (χ1) is 9.58. The molecule has 0 aromatic rings. The topological polar surface area (TPSA) is 44.5 Å². The molecule has 2 N–H and O–H groups in total. The molecule has 1 rings (SSSR count). The maximum atomic E-state index is 13.1. The molecule has 0 bridgehead atoms. The van der Waals surface area contributed by atoms with Gasteiger partial charge < -0.3 is 15.0 Å². The average Bonchev–Trinajstić information content (AvgIpc) is 2.98. The molecule has 1 saturated heterocycles. The minimum atomic E-state index is -0.371. The van der Waals surface area contributed by atoms with E-state index in [2.05, 4.69) is 6.92 Å². The van der Waals surface area contributed by atoms with Crippen LogP contribution in [0.4, 0.5) is 4.39 Å². The van der Waals surface area contributed by atoms with Crippen LogP contribution in [0.25, 0.3) is 0 Å². The van der Waals surface area contributed by atoms with Crippen LogP contribution >= 0.6 is 0 Å². The highest BCUT2D eigenvalue weighted by Crippen LogP contribution is 2.24. The van der Waals surface area contributed by atoms with Crippen LogP contribution in [0.3, 0.4) is 0 Å². The molecule has 0 aromatic carbocycles. The van der Waals surface area contributed by atoms with Crippen LogP contribution < -0.4 is 5.73 Å². The molecule has 0 aromatic heterocycles. The molecule has 1 fully saturated rings. The lowest BCUT2D eigenvalue weighted by atomic mass is 9.70. The molecule has 0 saturated carbocycles. The van der Waals surface area contributed by atoms with Gasteiger partial charge in [0.1, 0.15) is 6.67 Å². The van der Waals surface area contributed by atoms with E-state index in [4.69, 9.17) is 15.0 Å². The van der Waals surface area contributed by atoms with Crippen molar-refractivity contribution in [1.82, 2.24) is 0 Å². The largest absolute Gasteiger partial charge is 0.460 e. The smallest absolute Gasteiger partial charge is 0.409 e. The van der Waals surface area contributed by atoms with Crippen LogP contribution in [0.5, 0.6) is 0 Å². The minimum absolute atomic E-state index is 0.0477. The zero-order valence-electron chi connectivity index (χ0n) is 13.2. The normalized spacial score (nSPS) is 19.9. The second kappa shape index (κ2) is 9.53. The van der Waals surface area contributed by atoms with Crippen LogP contribution in [-0.4, -0.2) is 33.0 Å². The molecule has 3 nitrogen and oxygen atoms in total. The molecule has 0 aliphatic carbocycles. The van der Waals surface area contributed by atoms with E-state index < -0.39 is 0 Å². The van der Waals surface area contributed by atoms with Crippen molar-refractivity contribution in [2.45, 2.75) is 64.7 Å². The Bertz CT molecular complexity index is 306. The average molecular weight is 285 g/mol. The lowest BCUT2D eigenvalue weighted by Crippen LogP contribution is -2.20. The fourth-order valence-electron chi connectivity index (χ4n) is 2.51. The van der Waals surface area contributed by atoms with E-state index in [0.717, 1.165) is 36.8 Å². The van der Waals surface area contributed by atoms with E-state index in [9.17, 15) is 4.39 Å². The summed E-state index contributed by atoms with van der Waals surface area (Å²) in [4.78, 5) is 0. The zero-order valence-corrected chi connectivity index (χ0v) is 13.2. The monoisotopic (exact) mass is 285 g/mol. The van der Waals surface area contributed by atoms with Gasteiger partial charge in [-0.15, -0.1) is 0 Å². The maximum Gasteiger partial charge on any atom is 0.460 e. The SMILES string of the molecule is CC[C@@H](N)C/C(CF)=C(\C)CCCC(C)B1OCCO1. The molecule has 1 aliphatic heterocycles. The van der Waals surface area contributed by atoms with Gasteiger partial charge in [0.05, 0.1) is 13.2 Å². The van der Waals surface area contributed by atoms with E-state index in [-0.39, 0.29) is 19.8 Å². The molecule has 5 heteroatoms. The second-order valence-corrected chi connectivity index (χ2v) is 5.87. The fraction of sp³-hybridized carbons (Fsp3) is 0.867. The summed E-state index contributed by atoms with van der Waals surface area (Å²) in [5.41, 5.74) is 7.97. The Morgan fingerprint density at radius 1 is 1.35 bits per heavy atom. The van der Waals surface area contributed by atoms with Gasteiger partial charge in [-0.3, -0.25) is 0 Å². The molecule has 0 spiro atoms. The Balaban J connectivity index is 2.33. The number of alkyl halides is 1. The molecule has 1 aliphatic rings. The summed E-state index contributed by atoms with van der Waals surface area (Å²) in [5, 5.41) is 0. The number of hydrogen-bond acceptors (Lipinski definition) is 3. The van der Waals surface area contributed by atoms with Crippen LogP contribution in [-0.2, 0) is 9.31 Å². The van der Waals surface area contributed by atoms with E-state index in [1.54, 1.807) is 0 Å². The van der Waals surface area contributed by atoms with Gasteiger partial charge in [-0.05, 0) is 44.0 Å². The van der Waals surface area contributed by atoms with Crippen LogP contribution in [0, 0.1) is 0 Å². The van der Waals surface area contributed by atoms with Gasteiger partial charge in [-0.25, -0.2) is 4.39 Å². The molecular formula is C15H29BFNO2. The Morgan fingerprint density at radius 3 is 2.55 bits per heavy atom. The Hall–Kier alpha value is -0.385. The number of hydrogen-bond donors (Lipinski definition) is 1. The number of nitrogens with two attached hydrogens (primary N) is 1. The number of allylic oxidation sites excluding steroid dienone is 1. The van der Waals surface area contributed by atoms with Gasteiger partial charge in [0.15, 0.2) is 0 Å². The molecule has 2 atom stereocenters. The number of halogens is 1. The Labute approximate surface area is 123 Å². The van der Waals surface area contributed by atoms with Crippen molar-refractivity contribution >= 4 is 7.12 Å². The predicted octanol–water partition coefficient (Wildman–Crippen LogP) is 3.50. The van der Waals surface area contributed by atoms with Gasteiger partial charge in [-0.1, -0.05) is 25.8 Å². The maximum absolute atomic E-state index is 13.1. The lowest BCUT2D eigenvalue weighted by molar-refractivity contribution is 0.354. The Kier molecular flexibility index (Phi) is 8.42. The predicted molar refractivity (Wildman–Crippen MR) is 82.5 cm³/mol. The van der Waals surface area contributed by atoms with Crippen molar-refractivity contribution in [3.05, 3.63) is 11.1 Å². The fourth-order valence-corrected chi connectivity index (χ4v) is 2.51. The van der Waals surface area contributed by atoms with E-state index in [0.29, 0.717) is 25.5 Å². The number of rotatable bonds is 9. The quantitative estimate of drug-likeness (QED) is 0.521. The standard InChI is InChI=1S/C15H29BFNO2/c1-4-15(18)10-14(11-17)12(2)6-5-7-13(3)16-19-8-9-20-16/h13,15H,4-11,18H2,1-3H3/b14-12-/t13?,15-/m1/s1. The molecule has 1 heterocycles. The molecule has 116 valence electrons. The van der Waals surface area contributed by atoms with Gasteiger partial charge in [0.2, 0.25) is 0 Å². The highest BCUT2D eigenvalue weighted by atomic mass is 19.1. The molecule has 1 unspecified atom stereocenters. The van der Waals surface area contributed by atoms with Gasteiger partial charge >= 0.3 is 7.12 Å². The lowest BCUT2D eigenvalue weighted by Gasteiger charge is -2.15. The van der Waals surface area contributed by atoms with E-state index >= 15 is 0 Å². The van der Waals surface area contributed by atoms with Crippen molar-refractivity contribution in [2.75, 3.05) is 19.9 Å². The summed E-state index contributed by atoms with van der Waals surface area (Å²) in [6, 6.07) is 0.0786. The third kappa shape index (κ3) is 5.94. The third-order valence-electron chi connectivity index (χ3n) is 4.12. The van der Waals surface area contributed by atoms with Crippen LogP contribution in [0.15, 0.2) is 11.1 Å². The van der Waals surface area contributed by atoms with Gasteiger partial charge in [0, 0.05) is 6.04 Å². The first kappa shape index (κ1) is 17.7. The van der Waals surface area contributed by atoms with Crippen molar-refractivity contribution in [2.24, 2.45) is 5.73 Å². The minimum Gasteiger partial charge on any atom is -0.409 e. The summed E-state index contributed by atoms with van der Waals surface area (Å²) < 4.78 is 24.1. The third-order valence-corrected chi connectivity index (χ3v) is 4.12. The first-order valence-corrected chi connectivity index (χ1v) is 7.80. The molecule has 20 heavy (non-hydrogen) atoms. The van der Waals surface area contributed by atoms with Crippen molar-refractivity contribution in [3.8, 4) is 0 Å². The highest BCUT2D eigenvalue weighted by molar-refractivity contribution is 6.46. The Morgan fingerprint density at radius 2 is 2.00 bits per heavy atom. The summed E-state index contributed by atoms with van der Waals surface area (Å²) in [5.74, 6) is 0.400. The van der Waals surface area contributed by atoms with Crippen molar-refractivity contribution in [3.63, 3.8) is 0 Å². The molecular weight excluding hydrogens is 256 g/mol. The second-order valence-electron chi connectivity index (χ2n) is 5.87. The summed E-state index contributed by atoms with van der Waals surface area (Å²) >= 11 is 0. The molecule has 0 amide bonds. The van der Waals surface area contributed by atoms with E-state index in [1.807, 2.05) is 13.8 Å². The summed E-state index contributed by atoms with van der Waals surface area (Å²) in [7, 11) is -0.0477. The highest BCUT2D eigenvalue weighted by Gasteiger charge is 2.29. The summed E-state index contributed by atoms with van der Waals surface area (Å²) in [6.45, 7) is 7.26. The van der Waals surface area contributed by atoms with Crippen LogP contribution in [0.2, 0.25) is 5.82 Å². The van der Waals surface area contributed by atoms with Crippen molar-refractivity contribution < 1.29 is 13.7 Å². The summed E-state index contributed by atoms with van der Waals surface area (Å²) in [6.07, 6.45) is 4.60. The van der Waals surface area contributed by atoms with Gasteiger partial charge in [-0.2, -0.15) is 0 Å². The van der Waals surface area contributed by atoms with Crippen molar-refractivity contribution in [1.29, 1.82) is 0 Å².